The second-order valence-electron chi connectivity index (χ2n) is 14.0. The molecule has 0 aromatic carbocycles. The molecule has 0 radical (unpaired) electrons. The van der Waals surface area contributed by atoms with Gasteiger partial charge in [-0.3, -0.25) is 0 Å². The first-order valence-corrected chi connectivity index (χ1v) is 26.0. The lowest BCUT2D eigenvalue weighted by atomic mass is 9.76. The van der Waals surface area contributed by atoms with Crippen LogP contribution in [-0.2, 0) is 107 Å². The predicted octanol–water partition coefficient (Wildman–Crippen LogP) is 15.3. The van der Waals surface area contributed by atoms with E-state index < -0.39 is 0 Å². The minimum atomic E-state index is 0. The fourth-order valence-corrected chi connectivity index (χ4v) is 6.07. The fourth-order valence-electron chi connectivity index (χ4n) is 6.07. The molecule has 0 fully saturated rings. The Balaban J connectivity index is -0.0000000318. The second kappa shape index (κ2) is 71.5. The molecule has 0 aromatic rings. The maximum atomic E-state index is 4.12. The van der Waals surface area contributed by atoms with Crippen LogP contribution in [0, 0.1) is 47.3 Å². The van der Waals surface area contributed by atoms with Crippen LogP contribution in [0.1, 0.15) is 199 Å². The summed E-state index contributed by atoms with van der Waals surface area (Å²) in [4.78, 5) is 0. The number of hydrogen-bond acceptors (Lipinski definition) is 8. The van der Waals surface area contributed by atoms with Crippen molar-refractivity contribution in [2.24, 2.45) is 47.3 Å². The zero-order chi connectivity index (χ0) is 37.3. The van der Waals surface area contributed by atoms with Crippen LogP contribution in [0.25, 0.3) is 0 Å². The fraction of sp³-hybridized carbons (Fsp3) is 1.00. The summed E-state index contributed by atoms with van der Waals surface area (Å²) in [5.41, 5.74) is 0. The Hall–Kier alpha value is 3.76. The summed E-state index contributed by atoms with van der Waals surface area (Å²) < 4.78 is 0. The van der Waals surface area contributed by atoms with Crippen molar-refractivity contribution in [1.29, 1.82) is 0 Å². The van der Waals surface area contributed by atoms with Crippen LogP contribution in [0.2, 0.25) is 0 Å². The summed E-state index contributed by atoms with van der Waals surface area (Å²) in [7, 11) is 1.83. The minimum Gasteiger partial charge on any atom is -0.197 e. The molecule has 328 valence electrons. The zero-order valence-electron chi connectivity index (χ0n) is 34.4. The maximum Gasteiger partial charge on any atom is 0 e. The Morgan fingerprint density at radius 1 is 0.412 bits per heavy atom. The number of rotatable bonds is 22. The van der Waals surface area contributed by atoms with E-state index in [9.17, 15) is 0 Å². The van der Waals surface area contributed by atoms with Gasteiger partial charge in [-0.15, -0.1) is 0 Å². The molecule has 0 saturated heterocycles. The van der Waals surface area contributed by atoms with Crippen molar-refractivity contribution in [2.75, 3.05) is 0 Å². The van der Waals surface area contributed by atoms with Gasteiger partial charge < -0.3 is 0 Å². The number of unbranched alkanes of at least 4 members (excludes halogenated alkanes) is 12. The van der Waals surface area contributed by atoms with Crippen molar-refractivity contribution in [3.05, 3.63) is 0 Å². The first kappa shape index (κ1) is 82.6. The number of hydrogen-bond donors (Lipinski definition) is 0. The lowest BCUT2D eigenvalue weighted by molar-refractivity contribution is 0.197. The predicted molar refractivity (Wildman–Crippen MR) is 302 cm³/mol. The molecule has 0 saturated carbocycles. The van der Waals surface area contributed by atoms with Crippen molar-refractivity contribution in [3.8, 4) is 0 Å². The van der Waals surface area contributed by atoms with Gasteiger partial charge in [0.05, 0.1) is 0 Å². The lowest BCUT2D eigenvalue weighted by Crippen LogP contribution is -2.22. The molecule has 0 aliphatic carbocycles. The monoisotopic (exact) mass is 994 g/mol. The molecule has 51 heavy (non-hydrogen) atoms. The molecule has 0 N–H and O–H groups in total. The summed E-state index contributed by atoms with van der Waals surface area (Å²) >= 11 is 31.2. The van der Waals surface area contributed by atoms with E-state index in [0.29, 0.717) is 0 Å². The van der Waals surface area contributed by atoms with Crippen molar-refractivity contribution < 1.29 is 5.71 Å². The Kier molecular flexibility index (Phi) is 116. The van der Waals surface area contributed by atoms with Gasteiger partial charge in [-0.25, -0.2) is 0 Å². The van der Waals surface area contributed by atoms with Crippen LogP contribution in [0.5, 0.6) is 0 Å². The summed E-state index contributed by atoms with van der Waals surface area (Å²) in [6, 6.07) is 0. The standard InChI is InChI=1S/2C18H38.CH4.2H3P.2S3.2S2.2H2S.4H2/c2*1-7-8-9-10-11-12-13-14-18(16(4)5)17(6)15(2)3;;;;2*1-3-2;2*1-2;;;;;;/h2*15-18H,7-14H2,1-6H3;1H4;2*1H3;;;;;2*1H2;4*1H/i;;;;;;;;;;;2*1+2;2*1+1. The molecule has 0 heterocycles. The third kappa shape index (κ3) is 68.8. The third-order valence-corrected chi connectivity index (χ3v) is 9.45. The van der Waals surface area contributed by atoms with Crippen molar-refractivity contribution in [1.82, 2.24) is 0 Å². The normalized spacial score (nSPS) is 11.5. The van der Waals surface area contributed by atoms with Crippen LogP contribution in [-0.4, -0.2) is 0 Å². The molecule has 0 nitrogen and oxygen atoms in total. The van der Waals surface area contributed by atoms with E-state index >= 15 is 0 Å². The van der Waals surface area contributed by atoms with E-state index in [1.165, 1.54) is 103 Å². The van der Waals surface area contributed by atoms with E-state index in [1.807, 2.05) is 0 Å². The molecular weight excluding hydrogens is 891 g/mol. The molecule has 0 spiro atoms. The first-order valence-electron chi connectivity index (χ1n) is 18.0. The molecule has 6 unspecified atom stereocenters. The minimum absolute atomic E-state index is 0. The van der Waals surface area contributed by atoms with Gasteiger partial charge in [-0.05, 0) is 60.2 Å². The SMILES string of the molecule is C.CCCCCCCCCC(C(C)C)C(C)C(C)C.CCCCCCCCCC(C(C)C)C(C)C(C)C.P.P.S.S.S=S.S=S.S=S=S.S=S=S.[2HH].[2HH].[3HH].[3HH]. The Labute approximate surface area is 396 Å². The highest BCUT2D eigenvalue weighted by atomic mass is 33.1. The summed E-state index contributed by atoms with van der Waals surface area (Å²) in [6.07, 6.45) is 23.0. The van der Waals surface area contributed by atoms with Gasteiger partial charge in [0, 0.05) is 113 Å². The van der Waals surface area contributed by atoms with Crippen LogP contribution in [0.15, 0.2) is 0 Å². The van der Waals surface area contributed by atoms with E-state index in [-0.39, 0.29) is 59.9 Å². The molecule has 14 heteroatoms. The van der Waals surface area contributed by atoms with Crippen LogP contribution in [0.3, 0.4) is 0 Å². The van der Waals surface area contributed by atoms with Gasteiger partial charge in [0.1, 0.15) is 0 Å². The molecule has 0 rings (SSSR count). The topological polar surface area (TPSA) is 0 Å². The summed E-state index contributed by atoms with van der Waals surface area (Å²) in [6.45, 7) is 28.6. The Morgan fingerprint density at radius 2 is 0.588 bits per heavy atom. The van der Waals surface area contributed by atoms with Crippen LogP contribution >= 0.6 is 46.8 Å². The third-order valence-electron chi connectivity index (χ3n) is 9.45. The Bertz CT molecular complexity index is 612. The van der Waals surface area contributed by atoms with Crippen molar-refractivity contribution >= 4 is 154 Å². The van der Waals surface area contributed by atoms with E-state index in [0.717, 1.165) is 65.1 Å². The molecule has 0 aromatic heterocycles. The van der Waals surface area contributed by atoms with Gasteiger partial charge >= 0.3 is 0 Å². The van der Waals surface area contributed by atoms with E-state index in [2.05, 4.69) is 173 Å². The van der Waals surface area contributed by atoms with Crippen molar-refractivity contribution in [3.63, 3.8) is 0 Å². The van der Waals surface area contributed by atoms with Crippen LogP contribution < -0.4 is 0 Å². The molecule has 0 amide bonds. The van der Waals surface area contributed by atoms with Gasteiger partial charge in [-0.1, -0.05) is 180 Å². The van der Waals surface area contributed by atoms with Gasteiger partial charge in [0.2, 0.25) is 0 Å². The van der Waals surface area contributed by atoms with Crippen LogP contribution in [0.4, 0.5) is 0 Å². The molecule has 0 aliphatic heterocycles. The maximum absolute atomic E-state index is 4.12. The molecule has 6 atom stereocenters. The smallest absolute Gasteiger partial charge is 0 e. The van der Waals surface area contributed by atoms with E-state index in [4.69, 9.17) is 0 Å². The first-order chi connectivity index (χ1) is 21.8. The molecule has 0 aliphatic rings. The summed E-state index contributed by atoms with van der Waals surface area (Å²) in [5.74, 6) is 6.99. The summed E-state index contributed by atoms with van der Waals surface area (Å²) in [5, 5.41) is 0. The highest BCUT2D eigenvalue weighted by Crippen LogP contribution is 2.32. The van der Waals surface area contributed by atoms with Gasteiger partial charge in [-0.2, -0.15) is 46.8 Å². The highest BCUT2D eigenvalue weighted by molar-refractivity contribution is 8.37. The Morgan fingerprint density at radius 3 is 0.745 bits per heavy atom. The molecule has 0 bridgehead atoms. The average molecular weight is 996 g/mol. The quantitative estimate of drug-likeness (QED) is 0.0767. The second-order valence-corrected chi connectivity index (χ2v) is 17.5. The average Bonchev–Trinajstić information content (AvgIpc) is 3.02. The lowest BCUT2D eigenvalue weighted by Gasteiger charge is -2.30. The van der Waals surface area contributed by atoms with E-state index in [1.54, 1.807) is 0 Å². The molecular formula is C37H98P2S12. The zero-order valence-corrected chi connectivity index (χ0v) is 47.4. The highest BCUT2D eigenvalue weighted by Gasteiger charge is 2.23. The van der Waals surface area contributed by atoms with Crippen molar-refractivity contribution in [2.45, 2.75) is 193 Å². The largest absolute Gasteiger partial charge is 0.197 e. The van der Waals surface area contributed by atoms with Gasteiger partial charge in [0.25, 0.3) is 0 Å². The van der Waals surface area contributed by atoms with Gasteiger partial charge in [0.15, 0.2) is 0 Å².